The maximum absolute atomic E-state index is 4.59. The molecular formula is C11H13BrClN3. The Morgan fingerprint density at radius 2 is 2.31 bits per heavy atom. The monoisotopic (exact) mass is 301 g/mol. The van der Waals surface area contributed by atoms with Crippen LogP contribution < -0.4 is 5.32 Å². The first-order chi connectivity index (χ1) is 7.33. The zero-order chi connectivity index (χ0) is 10.3. The molecule has 1 aliphatic heterocycles. The highest BCUT2D eigenvalue weighted by Gasteiger charge is 2.17. The molecule has 0 amide bonds. The van der Waals surface area contributed by atoms with Gasteiger partial charge in [0.1, 0.15) is 0 Å². The molecule has 3 nitrogen and oxygen atoms in total. The van der Waals surface area contributed by atoms with E-state index in [0.29, 0.717) is 6.04 Å². The summed E-state index contributed by atoms with van der Waals surface area (Å²) in [5, 5.41) is 9.15. The van der Waals surface area contributed by atoms with Crippen molar-refractivity contribution in [2.24, 2.45) is 0 Å². The Hall–Kier alpha value is -0.580. The van der Waals surface area contributed by atoms with Crippen molar-refractivity contribution in [2.75, 3.05) is 13.1 Å². The molecule has 0 bridgehead atoms. The van der Waals surface area contributed by atoms with Gasteiger partial charge in [-0.25, -0.2) is 0 Å². The molecule has 16 heavy (non-hydrogen) atoms. The van der Waals surface area contributed by atoms with Crippen molar-refractivity contribution in [3.8, 4) is 0 Å². The number of benzene rings is 1. The number of hydrogen-bond acceptors (Lipinski definition) is 2. The van der Waals surface area contributed by atoms with Gasteiger partial charge in [-0.15, -0.1) is 12.4 Å². The third-order valence-electron chi connectivity index (χ3n) is 2.89. The van der Waals surface area contributed by atoms with E-state index in [0.717, 1.165) is 23.1 Å². The van der Waals surface area contributed by atoms with Gasteiger partial charge in [0.25, 0.3) is 0 Å². The Labute approximate surface area is 109 Å². The van der Waals surface area contributed by atoms with Gasteiger partial charge < -0.3 is 5.32 Å². The van der Waals surface area contributed by atoms with Gasteiger partial charge in [0, 0.05) is 22.6 Å². The number of nitrogens with zero attached hydrogens (tertiary/aromatic N) is 2. The second-order valence-electron chi connectivity index (χ2n) is 3.96. The smallest absolute Gasteiger partial charge is 0.0924 e. The molecule has 0 spiro atoms. The lowest BCUT2D eigenvalue weighted by atomic mass is 10.2. The fourth-order valence-corrected chi connectivity index (χ4v) is 2.45. The summed E-state index contributed by atoms with van der Waals surface area (Å²) in [5.41, 5.74) is 1.07. The summed E-state index contributed by atoms with van der Waals surface area (Å²) in [6.07, 6.45) is 3.31. The number of halogens is 2. The van der Waals surface area contributed by atoms with Gasteiger partial charge in [0.05, 0.1) is 11.6 Å². The highest BCUT2D eigenvalue weighted by Crippen LogP contribution is 2.22. The van der Waals surface area contributed by atoms with Crippen molar-refractivity contribution >= 4 is 39.2 Å². The Morgan fingerprint density at radius 1 is 1.44 bits per heavy atom. The summed E-state index contributed by atoms with van der Waals surface area (Å²) in [6, 6.07) is 6.72. The third kappa shape index (κ3) is 2.10. The molecule has 1 atom stereocenters. The fourth-order valence-electron chi connectivity index (χ4n) is 2.07. The van der Waals surface area contributed by atoms with Crippen LogP contribution in [0.15, 0.2) is 28.9 Å². The van der Waals surface area contributed by atoms with Gasteiger partial charge in [-0.3, -0.25) is 4.68 Å². The minimum Gasteiger partial charge on any atom is -0.315 e. The maximum atomic E-state index is 4.59. The number of aromatic nitrogens is 2. The largest absolute Gasteiger partial charge is 0.315 e. The summed E-state index contributed by atoms with van der Waals surface area (Å²) in [6.45, 7) is 2.14. The van der Waals surface area contributed by atoms with Gasteiger partial charge in [0.15, 0.2) is 0 Å². The predicted molar refractivity (Wildman–Crippen MR) is 71.2 cm³/mol. The van der Waals surface area contributed by atoms with E-state index in [1.54, 1.807) is 0 Å². The van der Waals surface area contributed by atoms with E-state index in [1.807, 2.05) is 6.07 Å². The number of nitrogens with one attached hydrogen (secondary N) is 1. The number of rotatable bonds is 1. The van der Waals surface area contributed by atoms with Gasteiger partial charge in [-0.1, -0.05) is 15.9 Å². The first kappa shape index (κ1) is 11.9. The van der Waals surface area contributed by atoms with Crippen LogP contribution in [-0.2, 0) is 0 Å². The lowest BCUT2D eigenvalue weighted by molar-refractivity contribution is 0.495. The zero-order valence-electron chi connectivity index (χ0n) is 8.69. The SMILES string of the molecule is Brc1ccc2nn(C3CCNC3)cc2c1.Cl. The molecular weight excluding hydrogens is 289 g/mol. The van der Waals surface area contributed by atoms with Crippen LogP contribution in [0.5, 0.6) is 0 Å². The molecule has 1 aromatic carbocycles. The number of hydrogen-bond donors (Lipinski definition) is 1. The number of fused-ring (bicyclic) bond motifs is 1. The molecule has 0 saturated carbocycles. The van der Waals surface area contributed by atoms with E-state index in [2.05, 4.69) is 49.4 Å². The van der Waals surface area contributed by atoms with E-state index in [1.165, 1.54) is 11.8 Å². The van der Waals surface area contributed by atoms with Crippen LogP contribution in [0.1, 0.15) is 12.5 Å². The molecule has 1 aliphatic rings. The van der Waals surface area contributed by atoms with Crippen molar-refractivity contribution in [3.63, 3.8) is 0 Å². The molecule has 1 fully saturated rings. The summed E-state index contributed by atoms with van der Waals surface area (Å²) in [7, 11) is 0. The Balaban J connectivity index is 0.000000963. The van der Waals surface area contributed by atoms with E-state index in [-0.39, 0.29) is 12.4 Å². The molecule has 0 aliphatic carbocycles. The summed E-state index contributed by atoms with van der Waals surface area (Å²) < 4.78 is 3.20. The Kier molecular flexibility index (Phi) is 3.52. The van der Waals surface area contributed by atoms with E-state index in [9.17, 15) is 0 Å². The minimum atomic E-state index is 0. The third-order valence-corrected chi connectivity index (χ3v) is 3.39. The summed E-state index contributed by atoms with van der Waals surface area (Å²) >= 11 is 3.48. The van der Waals surface area contributed by atoms with Gasteiger partial charge in [-0.2, -0.15) is 5.10 Å². The van der Waals surface area contributed by atoms with Crippen LogP contribution in [0.25, 0.3) is 10.9 Å². The lowest BCUT2D eigenvalue weighted by Crippen LogP contribution is -2.13. The molecule has 1 aromatic heterocycles. The highest BCUT2D eigenvalue weighted by molar-refractivity contribution is 9.10. The lowest BCUT2D eigenvalue weighted by Gasteiger charge is -2.07. The van der Waals surface area contributed by atoms with Crippen LogP contribution in [0.3, 0.4) is 0 Å². The van der Waals surface area contributed by atoms with E-state index >= 15 is 0 Å². The maximum Gasteiger partial charge on any atom is 0.0924 e. The molecule has 2 heterocycles. The van der Waals surface area contributed by atoms with E-state index < -0.39 is 0 Å². The summed E-state index contributed by atoms with van der Waals surface area (Å²) in [4.78, 5) is 0. The van der Waals surface area contributed by atoms with Crippen molar-refractivity contribution < 1.29 is 0 Å². The van der Waals surface area contributed by atoms with Crippen LogP contribution in [0, 0.1) is 0 Å². The standard InChI is InChI=1S/C11H12BrN3.ClH/c12-9-1-2-11-8(5-9)7-15(14-11)10-3-4-13-6-10;/h1-2,5,7,10,13H,3-4,6H2;1H. The molecule has 1 N–H and O–H groups in total. The topological polar surface area (TPSA) is 29.9 Å². The Bertz CT molecular complexity index is 491. The molecule has 3 rings (SSSR count). The molecule has 86 valence electrons. The van der Waals surface area contributed by atoms with Gasteiger partial charge in [-0.05, 0) is 31.2 Å². The predicted octanol–water partition coefficient (Wildman–Crippen LogP) is 2.76. The highest BCUT2D eigenvalue weighted by atomic mass is 79.9. The quantitative estimate of drug-likeness (QED) is 0.878. The Morgan fingerprint density at radius 3 is 3.06 bits per heavy atom. The van der Waals surface area contributed by atoms with Crippen LogP contribution in [0.2, 0.25) is 0 Å². The average molecular weight is 303 g/mol. The first-order valence-electron chi connectivity index (χ1n) is 5.18. The van der Waals surface area contributed by atoms with Crippen molar-refractivity contribution in [3.05, 3.63) is 28.9 Å². The first-order valence-corrected chi connectivity index (χ1v) is 5.97. The van der Waals surface area contributed by atoms with Crippen molar-refractivity contribution in [1.29, 1.82) is 0 Å². The van der Waals surface area contributed by atoms with Crippen LogP contribution >= 0.6 is 28.3 Å². The molecule has 5 heteroatoms. The summed E-state index contributed by atoms with van der Waals surface area (Å²) in [5.74, 6) is 0. The molecule has 1 saturated heterocycles. The molecule has 2 aromatic rings. The van der Waals surface area contributed by atoms with E-state index in [4.69, 9.17) is 0 Å². The normalized spacial score (nSPS) is 19.9. The molecule has 0 radical (unpaired) electrons. The van der Waals surface area contributed by atoms with Crippen LogP contribution in [-0.4, -0.2) is 22.9 Å². The molecule has 1 unspecified atom stereocenters. The van der Waals surface area contributed by atoms with Gasteiger partial charge in [0.2, 0.25) is 0 Å². The second-order valence-corrected chi connectivity index (χ2v) is 4.87. The van der Waals surface area contributed by atoms with Gasteiger partial charge >= 0.3 is 0 Å². The van der Waals surface area contributed by atoms with Crippen molar-refractivity contribution in [1.82, 2.24) is 15.1 Å². The van der Waals surface area contributed by atoms with Crippen LogP contribution in [0.4, 0.5) is 0 Å². The van der Waals surface area contributed by atoms with Crippen molar-refractivity contribution in [2.45, 2.75) is 12.5 Å². The second kappa shape index (κ2) is 4.73. The zero-order valence-corrected chi connectivity index (χ0v) is 11.1. The average Bonchev–Trinajstić information content (AvgIpc) is 2.84. The fraction of sp³-hybridized carbons (Fsp3) is 0.364. The minimum absolute atomic E-state index is 0.